The van der Waals surface area contributed by atoms with Gasteiger partial charge in [-0.15, -0.1) is 0 Å². The molecule has 1 aromatic carbocycles. The van der Waals surface area contributed by atoms with E-state index in [2.05, 4.69) is 46.4 Å². The Morgan fingerprint density at radius 1 is 1.18 bits per heavy atom. The highest BCUT2D eigenvalue weighted by atomic mass is 15.2. The summed E-state index contributed by atoms with van der Waals surface area (Å²) >= 11 is 0. The molecular formula is C19H29N3. The summed E-state index contributed by atoms with van der Waals surface area (Å²) in [6.07, 6.45) is 7.76. The largest absolute Gasteiger partial charge is 0.315 e. The third-order valence-electron chi connectivity index (χ3n) is 4.45. The highest BCUT2D eigenvalue weighted by Gasteiger charge is 2.15. The van der Waals surface area contributed by atoms with Gasteiger partial charge in [0.15, 0.2) is 0 Å². The van der Waals surface area contributed by atoms with E-state index in [0.717, 1.165) is 13.1 Å². The third-order valence-corrected chi connectivity index (χ3v) is 4.45. The van der Waals surface area contributed by atoms with Crippen molar-refractivity contribution in [3.63, 3.8) is 0 Å². The molecular weight excluding hydrogens is 270 g/mol. The minimum absolute atomic E-state index is 0. The molecule has 3 heteroatoms. The Labute approximate surface area is 134 Å². The monoisotopic (exact) mass is 299 g/mol. The van der Waals surface area contributed by atoms with E-state index in [1.807, 2.05) is 12.4 Å². The van der Waals surface area contributed by atoms with Gasteiger partial charge in [-0.2, -0.15) is 0 Å². The van der Waals surface area contributed by atoms with Gasteiger partial charge in [-0.05, 0) is 55.9 Å². The molecule has 0 radical (unpaired) electrons. The molecule has 0 amide bonds. The average Bonchev–Trinajstić information content (AvgIpc) is 2.61. The molecule has 2 heterocycles. The highest BCUT2D eigenvalue weighted by molar-refractivity contribution is 5.81. The van der Waals surface area contributed by atoms with Gasteiger partial charge in [0.05, 0.1) is 0 Å². The van der Waals surface area contributed by atoms with Crippen LogP contribution in [0.3, 0.4) is 0 Å². The first kappa shape index (κ1) is 16.9. The van der Waals surface area contributed by atoms with Gasteiger partial charge in [0.2, 0.25) is 0 Å². The van der Waals surface area contributed by atoms with Crippen molar-refractivity contribution in [3.05, 3.63) is 42.2 Å². The van der Waals surface area contributed by atoms with Crippen molar-refractivity contribution in [3.8, 4) is 0 Å². The lowest BCUT2D eigenvalue weighted by Crippen LogP contribution is -2.39. The molecule has 0 saturated carbocycles. The molecule has 0 bridgehead atoms. The van der Waals surface area contributed by atoms with Crippen molar-refractivity contribution in [2.45, 2.75) is 46.2 Å². The van der Waals surface area contributed by atoms with Gasteiger partial charge < -0.3 is 5.32 Å². The van der Waals surface area contributed by atoms with Gasteiger partial charge in [-0.3, -0.25) is 9.88 Å². The van der Waals surface area contributed by atoms with Crippen LogP contribution in [0.15, 0.2) is 36.7 Å². The molecule has 1 aliphatic heterocycles. The summed E-state index contributed by atoms with van der Waals surface area (Å²) in [5.41, 5.74) is 1.40. The SMILES string of the molecule is C.C[C@H]1CNCCCCCN1Cc1ccc2cnccc2c1. The molecule has 0 spiro atoms. The smallest absolute Gasteiger partial charge is 0.0346 e. The van der Waals surface area contributed by atoms with E-state index in [-0.39, 0.29) is 7.43 Å². The predicted octanol–water partition coefficient (Wildman–Crippen LogP) is 3.83. The van der Waals surface area contributed by atoms with Gasteiger partial charge in [-0.25, -0.2) is 0 Å². The first-order valence-corrected chi connectivity index (χ1v) is 8.10. The quantitative estimate of drug-likeness (QED) is 0.913. The minimum atomic E-state index is 0. The average molecular weight is 299 g/mol. The van der Waals surface area contributed by atoms with Gasteiger partial charge >= 0.3 is 0 Å². The number of benzene rings is 1. The lowest BCUT2D eigenvalue weighted by atomic mass is 10.1. The molecule has 1 fully saturated rings. The Hall–Kier alpha value is -1.45. The molecule has 0 aliphatic carbocycles. The molecule has 1 saturated heterocycles. The minimum Gasteiger partial charge on any atom is -0.315 e. The Morgan fingerprint density at radius 3 is 3.00 bits per heavy atom. The van der Waals surface area contributed by atoms with E-state index in [1.165, 1.54) is 48.7 Å². The molecule has 2 aromatic rings. The summed E-state index contributed by atoms with van der Waals surface area (Å²) in [4.78, 5) is 6.80. The maximum atomic E-state index is 4.18. The first-order chi connectivity index (χ1) is 10.3. The second-order valence-electron chi connectivity index (χ2n) is 6.14. The number of nitrogens with zero attached hydrogens (tertiary/aromatic N) is 2. The summed E-state index contributed by atoms with van der Waals surface area (Å²) in [5, 5.41) is 6.08. The molecule has 1 atom stereocenters. The van der Waals surface area contributed by atoms with Crippen molar-refractivity contribution in [1.29, 1.82) is 0 Å². The fraction of sp³-hybridized carbons (Fsp3) is 0.526. The van der Waals surface area contributed by atoms with Crippen LogP contribution in [0.4, 0.5) is 0 Å². The van der Waals surface area contributed by atoms with Gasteiger partial charge in [0.25, 0.3) is 0 Å². The van der Waals surface area contributed by atoms with Gasteiger partial charge in [0, 0.05) is 36.9 Å². The highest BCUT2D eigenvalue weighted by Crippen LogP contribution is 2.17. The molecule has 1 aromatic heterocycles. The lowest BCUT2D eigenvalue weighted by Gasteiger charge is -2.28. The van der Waals surface area contributed by atoms with Gasteiger partial charge in [0.1, 0.15) is 0 Å². The van der Waals surface area contributed by atoms with Crippen LogP contribution >= 0.6 is 0 Å². The Morgan fingerprint density at radius 2 is 2.09 bits per heavy atom. The number of hydrogen-bond acceptors (Lipinski definition) is 3. The Balaban J connectivity index is 0.00000176. The van der Waals surface area contributed by atoms with E-state index in [4.69, 9.17) is 0 Å². The summed E-state index contributed by atoms with van der Waals surface area (Å²) in [6, 6.07) is 9.44. The van der Waals surface area contributed by atoms with Crippen molar-refractivity contribution >= 4 is 10.8 Å². The van der Waals surface area contributed by atoms with E-state index in [1.54, 1.807) is 0 Å². The van der Waals surface area contributed by atoms with Crippen LogP contribution < -0.4 is 5.32 Å². The molecule has 120 valence electrons. The van der Waals surface area contributed by atoms with Crippen LogP contribution in [0.1, 0.15) is 39.2 Å². The first-order valence-electron chi connectivity index (χ1n) is 8.10. The zero-order chi connectivity index (χ0) is 14.5. The number of fused-ring (bicyclic) bond motifs is 1. The maximum Gasteiger partial charge on any atom is 0.0346 e. The van der Waals surface area contributed by atoms with E-state index < -0.39 is 0 Å². The van der Waals surface area contributed by atoms with Crippen molar-refractivity contribution in [2.24, 2.45) is 0 Å². The van der Waals surface area contributed by atoms with Crippen LogP contribution in [-0.2, 0) is 6.54 Å². The lowest BCUT2D eigenvalue weighted by molar-refractivity contribution is 0.198. The molecule has 3 nitrogen and oxygen atoms in total. The standard InChI is InChI=1S/C18H25N3.CH4/c1-15-12-19-8-3-2-4-10-21(15)14-16-5-6-18-13-20-9-7-17(18)11-16;/h5-7,9,11,13,15,19H,2-4,8,10,12,14H2,1H3;1H4/t15-;/m0./s1. The number of aromatic nitrogens is 1. The Bertz CT molecular complexity index is 582. The number of rotatable bonds is 2. The summed E-state index contributed by atoms with van der Waals surface area (Å²) in [5.74, 6) is 0. The Kier molecular flexibility index (Phi) is 6.34. The second kappa shape index (κ2) is 8.25. The van der Waals surface area contributed by atoms with Crippen LogP contribution in [0.25, 0.3) is 10.8 Å². The van der Waals surface area contributed by atoms with Crippen molar-refractivity contribution in [1.82, 2.24) is 15.2 Å². The fourth-order valence-corrected chi connectivity index (χ4v) is 3.10. The zero-order valence-electron chi connectivity index (χ0n) is 12.9. The molecule has 1 aliphatic rings. The van der Waals surface area contributed by atoms with E-state index >= 15 is 0 Å². The zero-order valence-corrected chi connectivity index (χ0v) is 12.9. The number of hydrogen-bond donors (Lipinski definition) is 1. The molecule has 22 heavy (non-hydrogen) atoms. The van der Waals surface area contributed by atoms with Crippen molar-refractivity contribution in [2.75, 3.05) is 19.6 Å². The normalized spacial score (nSPS) is 20.7. The van der Waals surface area contributed by atoms with Crippen LogP contribution in [0.5, 0.6) is 0 Å². The molecule has 1 N–H and O–H groups in total. The molecule has 3 rings (SSSR count). The maximum absolute atomic E-state index is 4.18. The summed E-state index contributed by atoms with van der Waals surface area (Å²) < 4.78 is 0. The fourth-order valence-electron chi connectivity index (χ4n) is 3.10. The van der Waals surface area contributed by atoms with Crippen LogP contribution in [0.2, 0.25) is 0 Å². The number of pyridine rings is 1. The van der Waals surface area contributed by atoms with E-state index in [0.29, 0.717) is 6.04 Å². The third kappa shape index (κ3) is 4.28. The van der Waals surface area contributed by atoms with Crippen LogP contribution in [-0.4, -0.2) is 35.6 Å². The molecule has 0 unspecified atom stereocenters. The van der Waals surface area contributed by atoms with Gasteiger partial charge in [-0.1, -0.05) is 26.0 Å². The second-order valence-corrected chi connectivity index (χ2v) is 6.14. The number of nitrogens with one attached hydrogen (secondary N) is 1. The predicted molar refractivity (Wildman–Crippen MR) is 95.1 cm³/mol. The summed E-state index contributed by atoms with van der Waals surface area (Å²) in [6.45, 7) is 6.85. The van der Waals surface area contributed by atoms with E-state index in [9.17, 15) is 0 Å². The summed E-state index contributed by atoms with van der Waals surface area (Å²) in [7, 11) is 0. The van der Waals surface area contributed by atoms with Crippen LogP contribution in [0, 0.1) is 0 Å². The van der Waals surface area contributed by atoms with Crippen molar-refractivity contribution < 1.29 is 0 Å². The topological polar surface area (TPSA) is 28.2 Å².